The summed E-state index contributed by atoms with van der Waals surface area (Å²) >= 11 is 0. The summed E-state index contributed by atoms with van der Waals surface area (Å²) in [4.78, 5) is 13.6. The third-order valence-corrected chi connectivity index (χ3v) is 3.01. The van der Waals surface area contributed by atoms with Crippen LogP contribution >= 0.6 is 0 Å². The van der Waals surface area contributed by atoms with Gasteiger partial charge in [-0.3, -0.25) is 4.79 Å². The minimum Gasteiger partial charge on any atom is -0.330 e. The van der Waals surface area contributed by atoms with Gasteiger partial charge in [0.1, 0.15) is 5.78 Å². The summed E-state index contributed by atoms with van der Waals surface area (Å²) in [6.07, 6.45) is 2.36. The van der Waals surface area contributed by atoms with Crippen molar-refractivity contribution in [3.8, 4) is 0 Å². The average molecular weight is 184 g/mol. The predicted molar refractivity (Wildman–Crippen MR) is 53.4 cm³/mol. The SMILES string of the molecule is CC(=O)C(CN)C1CCCN(C)C1. The van der Waals surface area contributed by atoms with Crippen LogP contribution in [0.3, 0.4) is 0 Å². The lowest BCUT2D eigenvalue weighted by atomic mass is 9.83. The van der Waals surface area contributed by atoms with E-state index in [4.69, 9.17) is 5.73 Å². The number of ketones is 1. The lowest BCUT2D eigenvalue weighted by Gasteiger charge is -2.33. The molecule has 2 unspecified atom stereocenters. The van der Waals surface area contributed by atoms with Crippen molar-refractivity contribution < 1.29 is 4.79 Å². The van der Waals surface area contributed by atoms with Gasteiger partial charge in [-0.1, -0.05) is 0 Å². The summed E-state index contributed by atoms with van der Waals surface area (Å²) in [5.74, 6) is 0.826. The van der Waals surface area contributed by atoms with Crippen molar-refractivity contribution in [2.45, 2.75) is 19.8 Å². The van der Waals surface area contributed by atoms with E-state index in [0.717, 1.165) is 19.5 Å². The molecule has 2 N–H and O–H groups in total. The van der Waals surface area contributed by atoms with E-state index in [1.807, 2.05) is 0 Å². The van der Waals surface area contributed by atoms with Crippen LogP contribution in [0.15, 0.2) is 0 Å². The van der Waals surface area contributed by atoms with E-state index < -0.39 is 0 Å². The number of rotatable bonds is 3. The molecule has 0 aromatic rings. The fourth-order valence-corrected chi connectivity index (χ4v) is 2.23. The van der Waals surface area contributed by atoms with Crippen molar-refractivity contribution >= 4 is 5.78 Å². The van der Waals surface area contributed by atoms with E-state index in [1.54, 1.807) is 6.92 Å². The van der Waals surface area contributed by atoms with Crippen molar-refractivity contribution in [1.82, 2.24) is 4.90 Å². The minimum absolute atomic E-state index is 0.0859. The van der Waals surface area contributed by atoms with Crippen LogP contribution < -0.4 is 5.73 Å². The monoisotopic (exact) mass is 184 g/mol. The van der Waals surface area contributed by atoms with Crippen LogP contribution in [-0.4, -0.2) is 37.4 Å². The molecule has 0 radical (unpaired) electrons. The summed E-state index contributed by atoms with van der Waals surface area (Å²) < 4.78 is 0. The van der Waals surface area contributed by atoms with Crippen molar-refractivity contribution in [3.63, 3.8) is 0 Å². The van der Waals surface area contributed by atoms with Gasteiger partial charge in [-0.05, 0) is 39.3 Å². The van der Waals surface area contributed by atoms with Crippen LogP contribution in [0.2, 0.25) is 0 Å². The van der Waals surface area contributed by atoms with Crippen molar-refractivity contribution in [3.05, 3.63) is 0 Å². The quantitative estimate of drug-likeness (QED) is 0.694. The van der Waals surface area contributed by atoms with Crippen LogP contribution in [0.1, 0.15) is 19.8 Å². The fourth-order valence-electron chi connectivity index (χ4n) is 2.23. The second kappa shape index (κ2) is 4.72. The Hall–Kier alpha value is -0.410. The van der Waals surface area contributed by atoms with E-state index in [1.165, 1.54) is 6.42 Å². The molecule has 76 valence electrons. The van der Waals surface area contributed by atoms with Gasteiger partial charge in [-0.2, -0.15) is 0 Å². The number of hydrogen-bond donors (Lipinski definition) is 1. The maximum Gasteiger partial charge on any atom is 0.134 e. The van der Waals surface area contributed by atoms with Crippen LogP contribution in [0.5, 0.6) is 0 Å². The molecule has 1 rings (SSSR count). The van der Waals surface area contributed by atoms with Crippen molar-refractivity contribution in [2.75, 3.05) is 26.7 Å². The predicted octanol–water partition coefficient (Wildman–Crippen LogP) is 0.492. The molecule has 3 nitrogen and oxygen atoms in total. The zero-order chi connectivity index (χ0) is 9.84. The Labute approximate surface area is 80.3 Å². The maximum atomic E-state index is 11.3. The number of nitrogens with zero attached hydrogens (tertiary/aromatic N) is 1. The molecule has 0 aromatic heterocycles. The largest absolute Gasteiger partial charge is 0.330 e. The van der Waals surface area contributed by atoms with Crippen LogP contribution in [-0.2, 0) is 4.79 Å². The topological polar surface area (TPSA) is 46.3 Å². The molecule has 0 aromatic carbocycles. The zero-order valence-electron chi connectivity index (χ0n) is 8.62. The molecule has 2 atom stereocenters. The lowest BCUT2D eigenvalue weighted by molar-refractivity contribution is -0.122. The van der Waals surface area contributed by atoms with Crippen molar-refractivity contribution in [1.29, 1.82) is 0 Å². The molecule has 13 heavy (non-hydrogen) atoms. The summed E-state index contributed by atoms with van der Waals surface area (Å²) in [6.45, 7) is 4.35. The summed E-state index contributed by atoms with van der Waals surface area (Å²) in [5.41, 5.74) is 5.61. The highest BCUT2D eigenvalue weighted by Crippen LogP contribution is 2.23. The fraction of sp³-hybridized carbons (Fsp3) is 0.900. The van der Waals surface area contributed by atoms with E-state index in [-0.39, 0.29) is 11.7 Å². The third kappa shape index (κ3) is 2.78. The van der Waals surface area contributed by atoms with Gasteiger partial charge in [0.2, 0.25) is 0 Å². The Morgan fingerprint density at radius 2 is 2.38 bits per heavy atom. The molecule has 0 amide bonds. The number of nitrogens with two attached hydrogens (primary N) is 1. The summed E-state index contributed by atoms with van der Waals surface area (Å²) in [6, 6.07) is 0. The first-order chi connectivity index (χ1) is 6.15. The number of Topliss-reactive ketones (excluding diaryl/α,β-unsaturated/α-hetero) is 1. The molecule has 0 bridgehead atoms. The van der Waals surface area contributed by atoms with Gasteiger partial charge in [0.05, 0.1) is 0 Å². The number of carbonyl (C=O) groups is 1. The molecular formula is C10H20N2O. The molecular weight excluding hydrogens is 164 g/mol. The third-order valence-electron chi connectivity index (χ3n) is 3.01. The first-order valence-corrected chi connectivity index (χ1v) is 5.04. The highest BCUT2D eigenvalue weighted by Gasteiger charge is 2.27. The Morgan fingerprint density at radius 1 is 1.69 bits per heavy atom. The van der Waals surface area contributed by atoms with Crippen molar-refractivity contribution in [2.24, 2.45) is 17.6 Å². The number of likely N-dealkylation sites (tertiary alicyclic amines) is 1. The van der Waals surface area contributed by atoms with E-state index in [9.17, 15) is 4.79 Å². The molecule has 1 heterocycles. The standard InChI is InChI=1S/C10H20N2O/c1-8(13)10(6-11)9-4-3-5-12(2)7-9/h9-10H,3-7,11H2,1-2H3. The van der Waals surface area contributed by atoms with Gasteiger partial charge in [0.15, 0.2) is 0 Å². The van der Waals surface area contributed by atoms with Gasteiger partial charge in [-0.15, -0.1) is 0 Å². The number of carbonyl (C=O) groups excluding carboxylic acids is 1. The molecule has 1 saturated heterocycles. The zero-order valence-corrected chi connectivity index (χ0v) is 8.62. The Morgan fingerprint density at radius 3 is 2.85 bits per heavy atom. The van der Waals surface area contributed by atoms with Crippen LogP contribution in [0.25, 0.3) is 0 Å². The minimum atomic E-state index is 0.0859. The normalized spacial score (nSPS) is 27.2. The van der Waals surface area contributed by atoms with E-state index in [0.29, 0.717) is 12.5 Å². The molecule has 1 fully saturated rings. The highest BCUT2D eigenvalue weighted by atomic mass is 16.1. The summed E-state index contributed by atoms with van der Waals surface area (Å²) in [5, 5.41) is 0. The Balaban J connectivity index is 2.52. The molecule has 3 heteroatoms. The molecule has 1 aliphatic heterocycles. The van der Waals surface area contributed by atoms with Gasteiger partial charge in [0, 0.05) is 19.0 Å². The Kier molecular flexibility index (Phi) is 3.88. The van der Waals surface area contributed by atoms with E-state index in [2.05, 4.69) is 11.9 Å². The van der Waals surface area contributed by atoms with Gasteiger partial charge in [0.25, 0.3) is 0 Å². The van der Waals surface area contributed by atoms with Crippen LogP contribution in [0, 0.1) is 11.8 Å². The first kappa shape index (κ1) is 10.7. The smallest absolute Gasteiger partial charge is 0.134 e. The van der Waals surface area contributed by atoms with E-state index >= 15 is 0 Å². The molecule has 1 aliphatic rings. The van der Waals surface area contributed by atoms with Gasteiger partial charge in [-0.25, -0.2) is 0 Å². The van der Waals surface area contributed by atoms with Gasteiger partial charge < -0.3 is 10.6 Å². The van der Waals surface area contributed by atoms with Gasteiger partial charge >= 0.3 is 0 Å². The first-order valence-electron chi connectivity index (χ1n) is 5.04. The van der Waals surface area contributed by atoms with Crippen LogP contribution in [0.4, 0.5) is 0 Å². The average Bonchev–Trinajstić information content (AvgIpc) is 2.04. The second-order valence-corrected chi connectivity index (χ2v) is 4.12. The highest BCUT2D eigenvalue weighted by molar-refractivity contribution is 5.78. The molecule has 0 aliphatic carbocycles. The molecule has 0 saturated carbocycles. The summed E-state index contributed by atoms with van der Waals surface area (Å²) in [7, 11) is 2.11. The Bertz CT molecular complexity index is 182. The number of piperidine rings is 1. The maximum absolute atomic E-state index is 11.3. The second-order valence-electron chi connectivity index (χ2n) is 4.12. The number of hydrogen-bond acceptors (Lipinski definition) is 3. The lowest BCUT2D eigenvalue weighted by Crippen LogP contribution is -2.40. The molecule has 0 spiro atoms.